The van der Waals surface area contributed by atoms with Gasteiger partial charge in [0.15, 0.2) is 5.76 Å². The molecule has 2 N–H and O–H groups in total. The predicted octanol–water partition coefficient (Wildman–Crippen LogP) is 5.45. The lowest BCUT2D eigenvalue weighted by atomic mass is 9.83. The van der Waals surface area contributed by atoms with Crippen LogP contribution >= 0.6 is 11.3 Å². The molecule has 18 heteroatoms. The summed E-state index contributed by atoms with van der Waals surface area (Å²) in [5.74, 6) is 0.785. The summed E-state index contributed by atoms with van der Waals surface area (Å²) in [7, 11) is 1.72. The Morgan fingerprint density at radius 1 is 0.909 bits per heavy atom. The van der Waals surface area contributed by atoms with Crippen molar-refractivity contribution in [1.29, 1.82) is 0 Å². The van der Waals surface area contributed by atoms with Crippen LogP contribution < -0.4 is 20.1 Å². The number of pyridine rings is 1. The molecular formula is C48H60FN9O7S. The number of aromatic nitrogens is 3. The number of thiophene rings is 1. The van der Waals surface area contributed by atoms with Crippen molar-refractivity contribution >= 4 is 56.1 Å². The number of hydrogen-bond acceptors (Lipinski definition) is 12. The minimum Gasteiger partial charge on any atom is -0.489 e. The number of halogens is 1. The van der Waals surface area contributed by atoms with Crippen LogP contribution in [-0.4, -0.2) is 142 Å². The number of nitrogens with zero attached hydrogens (tertiary/aromatic N) is 7. The van der Waals surface area contributed by atoms with Gasteiger partial charge in [-0.05, 0) is 105 Å². The summed E-state index contributed by atoms with van der Waals surface area (Å²) in [6.07, 6.45) is 10.2. The fourth-order valence-electron chi connectivity index (χ4n) is 10.0. The first-order valence-electron chi connectivity index (χ1n) is 23.6. The molecular weight excluding hydrogens is 866 g/mol. The summed E-state index contributed by atoms with van der Waals surface area (Å²) in [5.41, 5.74) is 1.82. The third-order valence-electron chi connectivity index (χ3n) is 13.9. The molecule has 3 aliphatic heterocycles. The third-order valence-corrected chi connectivity index (χ3v) is 14.9. The van der Waals surface area contributed by atoms with Crippen molar-refractivity contribution in [3.63, 3.8) is 0 Å². The van der Waals surface area contributed by atoms with Crippen LogP contribution in [0.1, 0.15) is 81.0 Å². The van der Waals surface area contributed by atoms with Crippen molar-refractivity contribution in [2.24, 2.45) is 5.92 Å². The molecule has 1 unspecified atom stereocenters. The number of piperazine rings is 1. The summed E-state index contributed by atoms with van der Waals surface area (Å²) in [5, 5.41) is 12.7. The van der Waals surface area contributed by atoms with Crippen molar-refractivity contribution in [2.45, 2.75) is 102 Å². The molecule has 1 saturated carbocycles. The van der Waals surface area contributed by atoms with E-state index in [9.17, 15) is 23.6 Å². The molecule has 3 atom stereocenters. The highest BCUT2D eigenvalue weighted by Crippen LogP contribution is 2.32. The van der Waals surface area contributed by atoms with E-state index < -0.39 is 17.9 Å². The second kappa shape index (κ2) is 20.5. The number of ether oxygens (including phenoxy) is 2. The molecule has 3 saturated heterocycles. The van der Waals surface area contributed by atoms with Crippen molar-refractivity contribution in [2.75, 3.05) is 59.5 Å². The topological polar surface area (TPSA) is 168 Å². The molecule has 0 bridgehead atoms. The molecule has 1 aromatic carbocycles. The maximum Gasteiger partial charge on any atom is 0.270 e. The van der Waals surface area contributed by atoms with Crippen LogP contribution in [0.3, 0.4) is 0 Å². The number of carbonyl (C=O) groups excluding carboxylic acids is 4. The fraction of sp³-hybridized carbons (Fsp3) is 0.542. The average Bonchev–Trinajstić information content (AvgIpc) is 4.18. The maximum atomic E-state index is 14.5. The summed E-state index contributed by atoms with van der Waals surface area (Å²) in [4.78, 5) is 67.5. The summed E-state index contributed by atoms with van der Waals surface area (Å²) in [6.45, 7) is 5.92. The van der Waals surface area contributed by atoms with E-state index in [4.69, 9.17) is 14.0 Å². The zero-order chi connectivity index (χ0) is 45.7. The Hall–Kier alpha value is -5.59. The number of likely N-dealkylation sites (N-methyl/N-ethyl adjacent to an activating group) is 1. The zero-order valence-electron chi connectivity index (χ0n) is 37.8. The lowest BCUT2D eigenvalue weighted by Crippen LogP contribution is -2.59. The number of piperidine rings is 1. The zero-order valence-corrected chi connectivity index (χ0v) is 38.6. The molecule has 1 aliphatic carbocycles. The lowest BCUT2D eigenvalue weighted by Gasteiger charge is -2.39. The Bertz CT molecular complexity index is 2500. The highest BCUT2D eigenvalue weighted by molar-refractivity contribution is 7.17. The Balaban J connectivity index is 0.791. The largest absolute Gasteiger partial charge is 0.489 e. The van der Waals surface area contributed by atoms with Crippen molar-refractivity contribution in [3.05, 3.63) is 71.3 Å². The van der Waals surface area contributed by atoms with Gasteiger partial charge < -0.3 is 43.9 Å². The molecule has 5 aromatic rings. The van der Waals surface area contributed by atoms with Gasteiger partial charge in [0, 0.05) is 69.0 Å². The molecule has 9 rings (SSSR count). The first kappa shape index (κ1) is 45.6. The van der Waals surface area contributed by atoms with Crippen LogP contribution in [0, 0.1) is 11.7 Å². The van der Waals surface area contributed by atoms with Gasteiger partial charge >= 0.3 is 0 Å². The van der Waals surface area contributed by atoms with Crippen LogP contribution in [0.4, 0.5) is 4.39 Å². The van der Waals surface area contributed by atoms with E-state index in [0.717, 1.165) is 86.8 Å². The highest BCUT2D eigenvalue weighted by atomic mass is 32.1. The van der Waals surface area contributed by atoms with Gasteiger partial charge in [-0.3, -0.25) is 29.1 Å². The molecule has 4 aromatic heterocycles. The Labute approximate surface area is 387 Å². The van der Waals surface area contributed by atoms with Crippen LogP contribution in [-0.2, 0) is 27.5 Å². The SMILES string of the molecule is CN[C@@H](C)C(=O)NC(C(=O)N1CCN(C(=O)c2cc3cc(F)ccc3n2CC(=O)N2CCC[C@H]2COc2cc(CN3CCC(Oc4ccnc5ccsc45)CC3)on2)CC1)C1CCCCC1. The standard InChI is InChI=1S/C48H60FN9O7S/c1-31(50-2)46(60)52-44(32-7-4-3-5-8-32)48(62)56-22-20-55(21-23-56)47(61)40-26-33-25-34(49)10-11-39(33)58(40)29-43(59)57-17-6-9-35(57)30-63-42-27-37(65-53-42)28-54-18-13-36(14-19-54)64-41-12-16-51-38-15-24-66-45(38)41/h10-12,15-16,24-27,31-32,35-36,44,50H,3-9,13-14,17-23,28-30H2,1-2H3,(H,52,60)/t31-,35-,44?/m0/s1. The number of benzene rings is 1. The van der Waals surface area contributed by atoms with Crippen LogP contribution in [0.5, 0.6) is 11.6 Å². The quantitative estimate of drug-likeness (QED) is 0.137. The number of rotatable bonds is 15. The summed E-state index contributed by atoms with van der Waals surface area (Å²) >= 11 is 1.64. The Morgan fingerprint density at radius 3 is 2.48 bits per heavy atom. The molecule has 0 radical (unpaired) electrons. The first-order valence-corrected chi connectivity index (χ1v) is 24.4. The second-order valence-electron chi connectivity index (χ2n) is 18.2. The molecule has 4 fully saturated rings. The maximum absolute atomic E-state index is 14.5. The first-order chi connectivity index (χ1) is 32.1. The molecule has 16 nitrogen and oxygen atoms in total. The molecule has 66 heavy (non-hydrogen) atoms. The Morgan fingerprint density at radius 2 is 1.70 bits per heavy atom. The predicted molar refractivity (Wildman–Crippen MR) is 247 cm³/mol. The van der Waals surface area contributed by atoms with Crippen molar-refractivity contribution in [3.8, 4) is 11.6 Å². The number of fused-ring (bicyclic) bond motifs is 2. The van der Waals surface area contributed by atoms with Gasteiger partial charge in [-0.2, -0.15) is 0 Å². The van der Waals surface area contributed by atoms with E-state index in [2.05, 4.69) is 25.7 Å². The van der Waals surface area contributed by atoms with Gasteiger partial charge in [0.2, 0.25) is 17.7 Å². The van der Waals surface area contributed by atoms with E-state index in [-0.39, 0.29) is 73.6 Å². The molecule has 7 heterocycles. The number of amides is 4. The smallest absolute Gasteiger partial charge is 0.270 e. The van der Waals surface area contributed by atoms with E-state index in [1.165, 1.54) is 12.1 Å². The minimum atomic E-state index is -0.621. The molecule has 4 amide bonds. The van der Waals surface area contributed by atoms with Crippen LogP contribution in [0.15, 0.2) is 58.6 Å². The van der Waals surface area contributed by atoms with Gasteiger partial charge in [0.25, 0.3) is 11.8 Å². The van der Waals surface area contributed by atoms with Crippen molar-refractivity contribution in [1.82, 2.24) is 44.9 Å². The van der Waals surface area contributed by atoms with E-state index in [0.29, 0.717) is 48.7 Å². The third kappa shape index (κ3) is 10.2. The van der Waals surface area contributed by atoms with Gasteiger partial charge in [-0.25, -0.2) is 4.39 Å². The monoisotopic (exact) mass is 925 g/mol. The highest BCUT2D eigenvalue weighted by Gasteiger charge is 2.37. The fourth-order valence-corrected chi connectivity index (χ4v) is 10.9. The van der Waals surface area contributed by atoms with Gasteiger partial charge in [-0.15, -0.1) is 11.3 Å². The van der Waals surface area contributed by atoms with Gasteiger partial charge in [-0.1, -0.05) is 19.3 Å². The number of hydrogen-bond donors (Lipinski definition) is 2. The van der Waals surface area contributed by atoms with E-state index in [1.807, 2.05) is 23.6 Å². The average molecular weight is 926 g/mol. The van der Waals surface area contributed by atoms with E-state index >= 15 is 0 Å². The minimum absolute atomic E-state index is 0.0625. The van der Waals surface area contributed by atoms with Gasteiger partial charge in [0.05, 0.1) is 28.8 Å². The van der Waals surface area contributed by atoms with Crippen LogP contribution in [0.2, 0.25) is 0 Å². The number of likely N-dealkylation sites (tertiary alicyclic amines) is 2. The number of nitrogens with one attached hydrogen (secondary N) is 2. The lowest BCUT2D eigenvalue weighted by molar-refractivity contribution is -0.140. The van der Waals surface area contributed by atoms with Crippen LogP contribution in [0.25, 0.3) is 21.1 Å². The summed E-state index contributed by atoms with van der Waals surface area (Å²) in [6, 6.07) is 10.5. The Kier molecular flexibility index (Phi) is 14.2. The summed E-state index contributed by atoms with van der Waals surface area (Å²) < 4.78 is 35.5. The molecule has 352 valence electrons. The normalized spacial score (nSPS) is 19.9. The van der Waals surface area contributed by atoms with Crippen molar-refractivity contribution < 1.29 is 37.6 Å². The molecule has 0 spiro atoms. The van der Waals surface area contributed by atoms with Gasteiger partial charge in [0.1, 0.15) is 42.6 Å². The molecule has 4 aliphatic rings. The second-order valence-corrected chi connectivity index (χ2v) is 19.1. The number of carbonyl (C=O) groups is 4. The van der Waals surface area contributed by atoms with E-state index in [1.54, 1.807) is 62.9 Å².